The Morgan fingerprint density at radius 3 is 2.67 bits per heavy atom. The van der Waals surface area contributed by atoms with E-state index in [4.69, 9.17) is 4.42 Å². The first-order valence-corrected chi connectivity index (χ1v) is 11.2. The molecule has 0 unspecified atom stereocenters. The molecule has 1 amide bonds. The topological polar surface area (TPSA) is 72.1 Å². The molecule has 0 aliphatic carbocycles. The van der Waals surface area contributed by atoms with Gasteiger partial charge in [-0.05, 0) is 43.2 Å². The van der Waals surface area contributed by atoms with Gasteiger partial charge in [-0.1, -0.05) is 42.1 Å². The minimum absolute atomic E-state index is 0.0679. The summed E-state index contributed by atoms with van der Waals surface area (Å²) in [6.07, 6.45) is 0. The lowest BCUT2D eigenvalue weighted by molar-refractivity contribution is -0.115. The highest BCUT2D eigenvalue weighted by Gasteiger charge is 2.20. The smallest absolute Gasteiger partial charge is 0.277 e. The molecule has 4 rings (SSSR count). The van der Waals surface area contributed by atoms with E-state index in [0.29, 0.717) is 22.0 Å². The van der Waals surface area contributed by atoms with Gasteiger partial charge in [0.2, 0.25) is 11.8 Å². The maximum absolute atomic E-state index is 12.4. The summed E-state index contributed by atoms with van der Waals surface area (Å²) in [6, 6.07) is 15.6. The second-order valence-electron chi connectivity index (χ2n) is 6.72. The van der Waals surface area contributed by atoms with Gasteiger partial charge in [-0.3, -0.25) is 9.69 Å². The molecule has 0 radical (unpaired) electrons. The van der Waals surface area contributed by atoms with Gasteiger partial charge < -0.3 is 4.42 Å². The summed E-state index contributed by atoms with van der Waals surface area (Å²) in [5.74, 6) is 1.00. The van der Waals surface area contributed by atoms with Crippen LogP contribution in [0.3, 0.4) is 0 Å². The molecule has 0 atom stereocenters. The fraction of sp³-hybridized carbons (Fsp3) is 0.182. The third-order valence-corrected chi connectivity index (χ3v) is 6.36. The van der Waals surface area contributed by atoms with Crippen molar-refractivity contribution in [2.24, 2.45) is 0 Å². The van der Waals surface area contributed by atoms with Crippen molar-refractivity contribution in [3.63, 3.8) is 0 Å². The van der Waals surface area contributed by atoms with Crippen LogP contribution in [0.5, 0.6) is 0 Å². The number of anilines is 2. The molecule has 8 heteroatoms. The van der Waals surface area contributed by atoms with Crippen LogP contribution in [0, 0.1) is 13.8 Å². The number of hydrogen-bond donors (Lipinski definition) is 0. The van der Waals surface area contributed by atoms with Crippen molar-refractivity contribution in [2.75, 3.05) is 4.90 Å². The fourth-order valence-electron chi connectivity index (χ4n) is 2.95. The van der Waals surface area contributed by atoms with Gasteiger partial charge >= 0.3 is 0 Å². The Morgan fingerprint density at radius 2 is 1.90 bits per heavy atom. The van der Waals surface area contributed by atoms with E-state index in [9.17, 15) is 4.79 Å². The average Bonchev–Trinajstić information content (AvgIpc) is 3.40. The van der Waals surface area contributed by atoms with Crippen LogP contribution in [0.2, 0.25) is 0 Å². The molecule has 2 aromatic heterocycles. The van der Waals surface area contributed by atoms with Gasteiger partial charge in [0.05, 0.1) is 11.4 Å². The Kier molecular flexibility index (Phi) is 5.96. The van der Waals surface area contributed by atoms with Gasteiger partial charge in [0.25, 0.3) is 5.22 Å². The van der Waals surface area contributed by atoms with Gasteiger partial charge in [-0.2, -0.15) is 0 Å². The third kappa shape index (κ3) is 4.29. The van der Waals surface area contributed by atoms with E-state index >= 15 is 0 Å². The van der Waals surface area contributed by atoms with E-state index < -0.39 is 0 Å². The van der Waals surface area contributed by atoms with E-state index in [2.05, 4.69) is 15.2 Å². The van der Waals surface area contributed by atoms with E-state index in [1.807, 2.05) is 67.8 Å². The first-order chi connectivity index (χ1) is 14.5. The second kappa shape index (κ2) is 8.81. The Bertz CT molecular complexity index is 1170. The zero-order chi connectivity index (χ0) is 21.1. The molecule has 2 aromatic carbocycles. The van der Waals surface area contributed by atoms with E-state index in [1.165, 1.54) is 23.1 Å². The Morgan fingerprint density at radius 1 is 1.10 bits per heavy atom. The molecule has 6 nitrogen and oxygen atoms in total. The first-order valence-electron chi connectivity index (χ1n) is 9.36. The minimum atomic E-state index is -0.0679. The minimum Gasteiger partial charge on any atom is -0.411 e. The normalized spacial score (nSPS) is 10.9. The lowest BCUT2D eigenvalue weighted by Gasteiger charge is -2.21. The summed E-state index contributed by atoms with van der Waals surface area (Å²) in [6.45, 7) is 5.61. The molecule has 0 aliphatic rings. The summed E-state index contributed by atoms with van der Waals surface area (Å²) < 4.78 is 5.73. The number of aromatic nitrogens is 3. The molecule has 0 spiro atoms. The van der Waals surface area contributed by atoms with Gasteiger partial charge in [0.1, 0.15) is 0 Å². The van der Waals surface area contributed by atoms with E-state index in [-0.39, 0.29) is 5.91 Å². The molecule has 0 saturated heterocycles. The summed E-state index contributed by atoms with van der Waals surface area (Å²) in [5.41, 5.74) is 4.81. The highest BCUT2D eigenvalue weighted by Crippen LogP contribution is 2.34. The standard InChI is InChI=1S/C22H20N4O2S2/c1-14-8-7-11-19(15(14)2)26(16(3)27)21-23-18(12-29-21)13-30-22-25-24-20(28-22)17-9-5-4-6-10-17/h4-12H,13H2,1-3H3. The number of carbonyl (C=O) groups excluding carboxylic acids is 1. The van der Waals surface area contributed by atoms with Gasteiger partial charge in [-0.15, -0.1) is 21.5 Å². The predicted octanol–water partition coefficient (Wildman–Crippen LogP) is 5.79. The molecule has 0 N–H and O–H groups in total. The van der Waals surface area contributed by atoms with Gasteiger partial charge in [0.15, 0.2) is 5.13 Å². The quantitative estimate of drug-likeness (QED) is 0.356. The number of thioether (sulfide) groups is 1. The SMILES string of the molecule is CC(=O)N(c1nc(CSc2nnc(-c3ccccc3)o2)cs1)c1cccc(C)c1C. The Labute approximate surface area is 183 Å². The number of amides is 1. The predicted molar refractivity (Wildman–Crippen MR) is 120 cm³/mol. The van der Waals surface area contributed by atoms with Crippen LogP contribution in [-0.4, -0.2) is 21.1 Å². The molecule has 0 saturated carbocycles. The molecular weight excluding hydrogens is 416 g/mol. The maximum Gasteiger partial charge on any atom is 0.277 e. The van der Waals surface area contributed by atoms with Crippen molar-refractivity contribution in [1.82, 2.24) is 15.2 Å². The van der Waals surface area contributed by atoms with Crippen molar-refractivity contribution >= 4 is 39.8 Å². The largest absolute Gasteiger partial charge is 0.411 e. The molecule has 4 aromatic rings. The summed E-state index contributed by atoms with van der Waals surface area (Å²) >= 11 is 2.87. The van der Waals surface area contributed by atoms with Gasteiger partial charge in [0, 0.05) is 23.6 Å². The fourth-order valence-corrected chi connectivity index (χ4v) is 4.59. The van der Waals surface area contributed by atoms with Crippen LogP contribution < -0.4 is 4.90 Å². The van der Waals surface area contributed by atoms with Crippen molar-refractivity contribution in [1.29, 1.82) is 0 Å². The number of carbonyl (C=O) groups is 1. The molecule has 0 aliphatic heterocycles. The summed E-state index contributed by atoms with van der Waals surface area (Å²) in [7, 11) is 0. The average molecular weight is 437 g/mol. The molecular formula is C22H20N4O2S2. The van der Waals surface area contributed by atoms with Crippen LogP contribution in [0.25, 0.3) is 11.5 Å². The van der Waals surface area contributed by atoms with E-state index in [0.717, 1.165) is 28.1 Å². The molecule has 0 bridgehead atoms. The van der Waals surface area contributed by atoms with E-state index in [1.54, 1.807) is 11.8 Å². The zero-order valence-electron chi connectivity index (χ0n) is 16.8. The maximum atomic E-state index is 12.4. The second-order valence-corrected chi connectivity index (χ2v) is 8.49. The third-order valence-electron chi connectivity index (χ3n) is 4.63. The van der Waals surface area contributed by atoms with Gasteiger partial charge in [-0.25, -0.2) is 4.98 Å². The van der Waals surface area contributed by atoms with Crippen LogP contribution >= 0.6 is 23.1 Å². The Balaban J connectivity index is 1.49. The Hall–Kier alpha value is -2.97. The van der Waals surface area contributed by atoms with Crippen molar-refractivity contribution in [3.05, 3.63) is 70.7 Å². The van der Waals surface area contributed by atoms with Crippen molar-refractivity contribution in [2.45, 2.75) is 31.7 Å². The number of thiazole rings is 1. The molecule has 152 valence electrons. The van der Waals surface area contributed by atoms with Crippen LogP contribution in [0.1, 0.15) is 23.7 Å². The zero-order valence-corrected chi connectivity index (χ0v) is 18.5. The monoisotopic (exact) mass is 436 g/mol. The highest BCUT2D eigenvalue weighted by atomic mass is 32.2. The van der Waals surface area contributed by atoms with Crippen LogP contribution in [-0.2, 0) is 10.5 Å². The number of hydrogen-bond acceptors (Lipinski definition) is 7. The number of nitrogens with zero attached hydrogens (tertiary/aromatic N) is 4. The number of rotatable bonds is 6. The summed E-state index contributed by atoms with van der Waals surface area (Å²) in [4.78, 5) is 18.7. The molecule has 0 fully saturated rings. The molecule has 2 heterocycles. The molecule has 30 heavy (non-hydrogen) atoms. The lowest BCUT2D eigenvalue weighted by atomic mass is 10.1. The van der Waals surface area contributed by atoms with Crippen molar-refractivity contribution < 1.29 is 9.21 Å². The van der Waals surface area contributed by atoms with Crippen LogP contribution in [0.4, 0.5) is 10.8 Å². The first kappa shape index (κ1) is 20.3. The van der Waals surface area contributed by atoms with Crippen molar-refractivity contribution in [3.8, 4) is 11.5 Å². The highest BCUT2D eigenvalue weighted by molar-refractivity contribution is 7.98. The number of aryl methyl sites for hydroxylation is 1. The summed E-state index contributed by atoms with van der Waals surface area (Å²) in [5, 5.41) is 11.3. The van der Waals surface area contributed by atoms with Crippen LogP contribution in [0.15, 0.2) is 63.6 Å². The number of benzene rings is 2. The lowest BCUT2D eigenvalue weighted by Crippen LogP contribution is -2.23.